The Labute approximate surface area is 217 Å². The Hall–Kier alpha value is -3.51. The van der Waals surface area contributed by atoms with Crippen LogP contribution >= 0.6 is 0 Å². The fraction of sp³-hybridized carbons (Fsp3) is 0. The van der Waals surface area contributed by atoms with Gasteiger partial charge in [-0.05, 0) is 34.8 Å². The maximum Gasteiger partial charge on any atom is 0.477 e. The quantitative estimate of drug-likeness (QED) is 0.139. The summed E-state index contributed by atoms with van der Waals surface area (Å²) >= 11 is 0. The Kier molecular flexibility index (Phi) is 7.61. The molecule has 0 saturated heterocycles. The van der Waals surface area contributed by atoms with E-state index in [4.69, 9.17) is 4.74 Å². The fourth-order valence-corrected chi connectivity index (χ4v) is 5.48. The number of nitrogens with zero attached hydrogens (tertiary/aromatic N) is 2. The fourth-order valence-electron chi connectivity index (χ4n) is 3.68. The van der Waals surface area contributed by atoms with Crippen LogP contribution in [0.15, 0.2) is 109 Å². The summed E-state index contributed by atoms with van der Waals surface area (Å²) in [5.74, 6) is 0.403. The van der Waals surface area contributed by atoms with Crippen LogP contribution in [0.3, 0.4) is 0 Å². The van der Waals surface area contributed by atoms with E-state index < -0.39 is 8.74 Å². The minimum Gasteiger partial charge on any atom is -0.502 e. The average molecular weight is 657 g/mol. The number of aromatic nitrogens is 2. The second kappa shape index (κ2) is 10.8. The predicted octanol–water partition coefficient (Wildman–Crippen LogP) is 5.70. The van der Waals surface area contributed by atoms with E-state index in [2.05, 4.69) is 22.1 Å². The largest absolute Gasteiger partial charge is 0.502 e. The summed E-state index contributed by atoms with van der Waals surface area (Å²) in [6.07, 6.45) is 3.41. The van der Waals surface area contributed by atoms with E-state index in [1.54, 1.807) is 42.7 Å². The standard InChI is InChI=1S/C17H10F2NOSi.C11H8N.Ir/c18-22(19)15-9-2-1-8-14(15)21-17-12(6-5-10-16(17)22)13-7-3-4-11-20-13;1-2-6-10(7-3-1)11-8-4-5-9-12-11;/h1-5,7-11H;1-6,8-9H;/q2*-1;. The first kappa shape index (κ1) is 24.6. The molecular formula is C28H18F2IrN2OSi-2. The Morgan fingerprint density at radius 2 is 1.34 bits per heavy atom. The van der Waals surface area contributed by atoms with Gasteiger partial charge in [-0.25, -0.2) is 0 Å². The van der Waals surface area contributed by atoms with Gasteiger partial charge in [0, 0.05) is 43.4 Å². The van der Waals surface area contributed by atoms with Crippen LogP contribution in [0.4, 0.5) is 8.22 Å². The molecule has 1 aliphatic rings. The number of benzene rings is 3. The molecule has 0 N–H and O–H groups in total. The molecule has 0 fully saturated rings. The van der Waals surface area contributed by atoms with Crippen molar-refractivity contribution in [1.29, 1.82) is 0 Å². The summed E-state index contributed by atoms with van der Waals surface area (Å²) < 4.78 is 35.6. The third kappa shape index (κ3) is 5.12. The summed E-state index contributed by atoms with van der Waals surface area (Å²) in [7, 11) is -4.77. The van der Waals surface area contributed by atoms with Crippen LogP contribution in [-0.2, 0) is 20.1 Å². The number of rotatable bonds is 2. The van der Waals surface area contributed by atoms with Crippen LogP contribution in [0.1, 0.15) is 0 Å². The second-order valence-corrected chi connectivity index (χ2v) is 9.70. The minimum absolute atomic E-state index is 0. The molecule has 1 radical (unpaired) electrons. The van der Waals surface area contributed by atoms with Gasteiger partial charge in [0.05, 0.1) is 0 Å². The molecule has 3 heterocycles. The summed E-state index contributed by atoms with van der Waals surface area (Å²) in [5, 5.41) is -0.00808. The van der Waals surface area contributed by atoms with Gasteiger partial charge in [-0.1, -0.05) is 48.0 Å². The van der Waals surface area contributed by atoms with Gasteiger partial charge >= 0.3 is 8.74 Å². The molecule has 175 valence electrons. The molecule has 2 aromatic heterocycles. The predicted molar refractivity (Wildman–Crippen MR) is 131 cm³/mol. The zero-order chi connectivity index (χ0) is 23.4. The molecule has 5 aromatic rings. The van der Waals surface area contributed by atoms with Crippen molar-refractivity contribution in [2.45, 2.75) is 0 Å². The SMILES string of the molecule is F[Si]1(F)c2ccccc2Oc2c(-c3ccccn3)[c-]ccc21.[Ir].[c-]1ccccc1-c1ccccn1. The Balaban J connectivity index is 0.000000189. The van der Waals surface area contributed by atoms with Crippen LogP contribution in [0, 0.1) is 12.1 Å². The van der Waals surface area contributed by atoms with Crippen molar-refractivity contribution in [3.63, 3.8) is 0 Å². The zero-order valence-electron chi connectivity index (χ0n) is 18.3. The van der Waals surface area contributed by atoms with Crippen molar-refractivity contribution in [3.8, 4) is 34.0 Å². The van der Waals surface area contributed by atoms with Crippen molar-refractivity contribution < 1.29 is 33.1 Å². The van der Waals surface area contributed by atoms with E-state index in [0.717, 1.165) is 11.3 Å². The molecule has 1 aliphatic heterocycles. The molecular weight excluding hydrogens is 639 g/mol. The number of para-hydroxylation sites is 1. The molecule has 35 heavy (non-hydrogen) atoms. The van der Waals surface area contributed by atoms with Gasteiger partial charge in [0.15, 0.2) is 0 Å². The number of ether oxygens (including phenoxy) is 1. The normalized spacial score (nSPS) is 12.5. The van der Waals surface area contributed by atoms with E-state index in [-0.39, 0.29) is 42.0 Å². The number of halogens is 2. The van der Waals surface area contributed by atoms with Crippen LogP contribution in [0.5, 0.6) is 11.5 Å². The number of pyridine rings is 2. The van der Waals surface area contributed by atoms with Gasteiger partial charge < -0.3 is 14.7 Å². The van der Waals surface area contributed by atoms with E-state index in [1.807, 2.05) is 48.5 Å². The van der Waals surface area contributed by atoms with Crippen LogP contribution in [-0.4, -0.2) is 18.7 Å². The topological polar surface area (TPSA) is 35.0 Å². The third-order valence-corrected chi connectivity index (χ3v) is 7.46. The average Bonchev–Trinajstić information content (AvgIpc) is 2.90. The van der Waals surface area contributed by atoms with Crippen LogP contribution < -0.4 is 15.1 Å². The van der Waals surface area contributed by atoms with Gasteiger partial charge in [-0.15, -0.1) is 54.1 Å². The monoisotopic (exact) mass is 657 g/mol. The molecule has 3 aromatic carbocycles. The molecule has 6 rings (SSSR count). The van der Waals surface area contributed by atoms with E-state index in [9.17, 15) is 8.22 Å². The van der Waals surface area contributed by atoms with Crippen molar-refractivity contribution in [2.75, 3.05) is 0 Å². The van der Waals surface area contributed by atoms with E-state index in [1.165, 1.54) is 18.2 Å². The van der Waals surface area contributed by atoms with Crippen molar-refractivity contribution in [2.24, 2.45) is 0 Å². The van der Waals surface area contributed by atoms with Crippen molar-refractivity contribution in [3.05, 3.63) is 122 Å². The molecule has 0 aliphatic carbocycles. The molecule has 0 spiro atoms. The first-order valence-corrected chi connectivity index (χ1v) is 12.4. The van der Waals surface area contributed by atoms with Gasteiger partial charge in [0.1, 0.15) is 5.75 Å². The van der Waals surface area contributed by atoms with E-state index >= 15 is 0 Å². The third-order valence-electron chi connectivity index (χ3n) is 5.30. The molecule has 0 bridgehead atoms. The second-order valence-electron chi connectivity index (χ2n) is 7.47. The Morgan fingerprint density at radius 3 is 2.03 bits per heavy atom. The van der Waals surface area contributed by atoms with Gasteiger partial charge in [-0.2, -0.15) is 0 Å². The molecule has 7 heteroatoms. The first-order valence-electron chi connectivity index (χ1n) is 10.6. The summed E-state index contributed by atoms with van der Waals surface area (Å²) in [5.41, 5.74) is 3.06. The summed E-state index contributed by atoms with van der Waals surface area (Å²) in [4.78, 5) is 8.44. The Bertz CT molecular complexity index is 1370. The maximum atomic E-state index is 14.9. The van der Waals surface area contributed by atoms with Crippen LogP contribution in [0.2, 0.25) is 0 Å². The van der Waals surface area contributed by atoms with Crippen molar-refractivity contribution >= 4 is 19.1 Å². The molecule has 0 saturated carbocycles. The summed E-state index contributed by atoms with van der Waals surface area (Å²) in [6.45, 7) is 0. The zero-order valence-corrected chi connectivity index (χ0v) is 21.7. The molecule has 0 amide bonds. The number of hydrogen-bond acceptors (Lipinski definition) is 3. The maximum absolute atomic E-state index is 14.9. The smallest absolute Gasteiger partial charge is 0.477 e. The Morgan fingerprint density at radius 1 is 0.657 bits per heavy atom. The van der Waals surface area contributed by atoms with Crippen LogP contribution in [0.25, 0.3) is 22.5 Å². The van der Waals surface area contributed by atoms with E-state index in [0.29, 0.717) is 11.3 Å². The first-order chi connectivity index (χ1) is 16.6. The number of fused-ring (bicyclic) bond motifs is 2. The molecule has 0 atom stereocenters. The van der Waals surface area contributed by atoms with Gasteiger partial charge in [-0.3, -0.25) is 8.22 Å². The van der Waals surface area contributed by atoms with Crippen molar-refractivity contribution in [1.82, 2.24) is 9.97 Å². The van der Waals surface area contributed by atoms with Gasteiger partial charge in [0.2, 0.25) is 0 Å². The van der Waals surface area contributed by atoms with Gasteiger partial charge in [0.25, 0.3) is 0 Å². The minimum atomic E-state index is -4.77. The molecule has 3 nitrogen and oxygen atoms in total. The molecule has 0 unspecified atom stereocenters. The summed E-state index contributed by atoms with van der Waals surface area (Å²) in [6, 6.07) is 34.4. The number of hydrogen-bond donors (Lipinski definition) is 0.